The Morgan fingerprint density at radius 1 is 1.20 bits per heavy atom. The molecule has 0 aliphatic heterocycles. The van der Waals surface area contributed by atoms with Gasteiger partial charge in [-0.15, -0.1) is 0 Å². The highest BCUT2D eigenvalue weighted by molar-refractivity contribution is 5.94. The second-order valence-corrected chi connectivity index (χ2v) is 4.40. The molecule has 0 radical (unpaired) electrons. The van der Waals surface area contributed by atoms with Crippen LogP contribution in [0.15, 0.2) is 48.8 Å². The van der Waals surface area contributed by atoms with E-state index < -0.39 is 0 Å². The van der Waals surface area contributed by atoms with Gasteiger partial charge in [-0.1, -0.05) is 0 Å². The molecule has 20 heavy (non-hydrogen) atoms. The van der Waals surface area contributed by atoms with E-state index in [1.165, 1.54) is 24.3 Å². The molecule has 0 fully saturated rings. The predicted octanol–water partition coefficient (Wildman–Crippen LogP) is 2.63. The van der Waals surface area contributed by atoms with Gasteiger partial charge in [-0.05, 0) is 42.0 Å². The molecule has 4 nitrogen and oxygen atoms in total. The van der Waals surface area contributed by atoms with Crippen molar-refractivity contribution < 1.29 is 9.18 Å². The third-order valence-electron chi connectivity index (χ3n) is 3.10. The number of amides is 1. The number of nitrogens with one attached hydrogen (secondary N) is 2. The fourth-order valence-electron chi connectivity index (χ4n) is 2.05. The molecule has 3 rings (SSSR count). The summed E-state index contributed by atoms with van der Waals surface area (Å²) in [5.41, 5.74) is 2.20. The molecule has 0 saturated heterocycles. The zero-order valence-electron chi connectivity index (χ0n) is 10.6. The Kier molecular flexibility index (Phi) is 3.16. The van der Waals surface area contributed by atoms with Crippen molar-refractivity contribution in [2.24, 2.45) is 0 Å². The van der Waals surface area contributed by atoms with E-state index in [-0.39, 0.29) is 11.7 Å². The maximum atomic E-state index is 12.8. The number of H-pyrrole nitrogens is 1. The van der Waals surface area contributed by atoms with E-state index in [9.17, 15) is 9.18 Å². The van der Waals surface area contributed by atoms with Gasteiger partial charge in [0.25, 0.3) is 5.91 Å². The predicted molar refractivity (Wildman–Crippen MR) is 73.7 cm³/mol. The smallest absolute Gasteiger partial charge is 0.251 e. The highest BCUT2D eigenvalue weighted by Crippen LogP contribution is 2.14. The fourth-order valence-corrected chi connectivity index (χ4v) is 2.05. The highest BCUT2D eigenvalue weighted by Gasteiger charge is 2.07. The molecule has 2 N–H and O–H groups in total. The Morgan fingerprint density at radius 3 is 2.80 bits per heavy atom. The van der Waals surface area contributed by atoms with Crippen molar-refractivity contribution in [1.29, 1.82) is 0 Å². The van der Waals surface area contributed by atoms with E-state index in [0.717, 1.165) is 16.6 Å². The Bertz CT molecular complexity index is 749. The second-order valence-electron chi connectivity index (χ2n) is 4.40. The van der Waals surface area contributed by atoms with Crippen LogP contribution in [0.4, 0.5) is 4.39 Å². The summed E-state index contributed by atoms with van der Waals surface area (Å²) >= 11 is 0. The topological polar surface area (TPSA) is 57.8 Å². The number of aromatic nitrogens is 2. The fraction of sp³-hybridized carbons (Fsp3) is 0.0667. The number of carbonyl (C=O) groups is 1. The van der Waals surface area contributed by atoms with Gasteiger partial charge in [-0.2, -0.15) is 0 Å². The van der Waals surface area contributed by atoms with Crippen LogP contribution in [0.5, 0.6) is 0 Å². The molecular formula is C15H12FN3O. The third kappa shape index (κ3) is 2.38. The van der Waals surface area contributed by atoms with Crippen LogP contribution in [-0.2, 0) is 6.54 Å². The number of rotatable bonds is 3. The Balaban J connectivity index is 1.74. The molecule has 0 saturated carbocycles. The van der Waals surface area contributed by atoms with Crippen molar-refractivity contribution in [2.75, 3.05) is 0 Å². The van der Waals surface area contributed by atoms with E-state index >= 15 is 0 Å². The number of benzene rings is 1. The lowest BCUT2D eigenvalue weighted by Crippen LogP contribution is -2.22. The molecule has 0 atom stereocenters. The van der Waals surface area contributed by atoms with Crippen molar-refractivity contribution in [1.82, 2.24) is 15.3 Å². The third-order valence-corrected chi connectivity index (χ3v) is 3.10. The largest absolute Gasteiger partial charge is 0.348 e. The lowest BCUT2D eigenvalue weighted by atomic mass is 10.1. The number of pyridine rings is 1. The second kappa shape index (κ2) is 5.13. The molecule has 2 heterocycles. The summed E-state index contributed by atoms with van der Waals surface area (Å²) in [6.45, 7) is 0.396. The minimum Gasteiger partial charge on any atom is -0.348 e. The van der Waals surface area contributed by atoms with Gasteiger partial charge >= 0.3 is 0 Å². The van der Waals surface area contributed by atoms with Gasteiger partial charge in [0.2, 0.25) is 0 Å². The monoisotopic (exact) mass is 269 g/mol. The van der Waals surface area contributed by atoms with Crippen molar-refractivity contribution >= 4 is 16.9 Å². The van der Waals surface area contributed by atoms with Crippen LogP contribution in [0.1, 0.15) is 15.9 Å². The van der Waals surface area contributed by atoms with E-state index in [0.29, 0.717) is 12.1 Å². The molecule has 0 spiro atoms. The van der Waals surface area contributed by atoms with Crippen LogP contribution < -0.4 is 5.32 Å². The minimum atomic E-state index is -0.357. The van der Waals surface area contributed by atoms with Gasteiger partial charge < -0.3 is 10.3 Å². The molecular weight excluding hydrogens is 257 g/mol. The highest BCUT2D eigenvalue weighted by atomic mass is 19.1. The first-order valence-corrected chi connectivity index (χ1v) is 6.19. The van der Waals surface area contributed by atoms with Gasteiger partial charge in [0.05, 0.1) is 0 Å². The Labute approximate surface area is 114 Å². The number of fused-ring (bicyclic) bond motifs is 1. The van der Waals surface area contributed by atoms with E-state index in [4.69, 9.17) is 0 Å². The maximum absolute atomic E-state index is 12.8. The van der Waals surface area contributed by atoms with Gasteiger partial charge in [-0.3, -0.25) is 4.79 Å². The first kappa shape index (κ1) is 12.3. The SMILES string of the molecule is O=C(NCc1ccnc2[nH]ccc12)c1ccc(F)cc1. The summed E-state index contributed by atoms with van der Waals surface area (Å²) in [5, 5.41) is 3.79. The van der Waals surface area contributed by atoms with E-state index in [2.05, 4.69) is 15.3 Å². The standard InChI is InChI=1S/C15H12FN3O/c16-12-3-1-10(2-4-12)15(20)19-9-11-5-7-17-14-13(11)6-8-18-14/h1-8H,9H2,(H,17,18)(H,19,20). The van der Waals surface area contributed by atoms with Crippen molar-refractivity contribution in [3.8, 4) is 0 Å². The Morgan fingerprint density at radius 2 is 2.00 bits per heavy atom. The quantitative estimate of drug-likeness (QED) is 0.768. The average molecular weight is 269 g/mol. The summed E-state index contributed by atoms with van der Waals surface area (Å²) in [7, 11) is 0. The van der Waals surface area contributed by atoms with Gasteiger partial charge in [0.1, 0.15) is 11.5 Å². The molecule has 100 valence electrons. The van der Waals surface area contributed by atoms with Crippen LogP contribution in [0.3, 0.4) is 0 Å². The summed E-state index contributed by atoms with van der Waals surface area (Å²) < 4.78 is 12.8. The first-order chi connectivity index (χ1) is 9.74. The molecule has 0 aliphatic rings. The van der Waals surface area contributed by atoms with Crippen LogP contribution in [0, 0.1) is 5.82 Å². The Hall–Kier alpha value is -2.69. The summed E-state index contributed by atoms with van der Waals surface area (Å²) in [5.74, 6) is -0.588. The summed E-state index contributed by atoms with van der Waals surface area (Å²) in [6, 6.07) is 9.24. The lowest BCUT2D eigenvalue weighted by molar-refractivity contribution is 0.0951. The number of hydrogen-bond acceptors (Lipinski definition) is 2. The zero-order valence-corrected chi connectivity index (χ0v) is 10.6. The first-order valence-electron chi connectivity index (χ1n) is 6.19. The van der Waals surface area contributed by atoms with Crippen LogP contribution in [-0.4, -0.2) is 15.9 Å². The maximum Gasteiger partial charge on any atom is 0.251 e. The van der Waals surface area contributed by atoms with Crippen LogP contribution >= 0.6 is 0 Å². The minimum absolute atomic E-state index is 0.231. The lowest BCUT2D eigenvalue weighted by Gasteiger charge is -2.06. The van der Waals surface area contributed by atoms with Crippen LogP contribution in [0.2, 0.25) is 0 Å². The number of carbonyl (C=O) groups excluding carboxylic acids is 1. The van der Waals surface area contributed by atoms with E-state index in [1.54, 1.807) is 6.20 Å². The van der Waals surface area contributed by atoms with E-state index in [1.807, 2.05) is 18.3 Å². The van der Waals surface area contributed by atoms with Gasteiger partial charge in [0, 0.05) is 29.9 Å². The average Bonchev–Trinajstić information content (AvgIpc) is 2.94. The molecule has 0 aliphatic carbocycles. The van der Waals surface area contributed by atoms with Crippen LogP contribution in [0.25, 0.3) is 11.0 Å². The summed E-state index contributed by atoms with van der Waals surface area (Å²) in [6.07, 6.45) is 3.50. The van der Waals surface area contributed by atoms with Gasteiger partial charge in [-0.25, -0.2) is 9.37 Å². The molecule has 0 unspecified atom stereocenters. The van der Waals surface area contributed by atoms with Crippen molar-refractivity contribution in [3.05, 3.63) is 65.7 Å². The number of hydrogen-bond donors (Lipinski definition) is 2. The molecule has 1 amide bonds. The van der Waals surface area contributed by atoms with Crippen molar-refractivity contribution in [2.45, 2.75) is 6.54 Å². The normalized spacial score (nSPS) is 10.7. The summed E-state index contributed by atoms with van der Waals surface area (Å²) in [4.78, 5) is 19.2. The molecule has 2 aromatic heterocycles. The molecule has 0 bridgehead atoms. The number of nitrogens with zero attached hydrogens (tertiary/aromatic N) is 1. The van der Waals surface area contributed by atoms with Gasteiger partial charge in [0.15, 0.2) is 0 Å². The number of halogens is 1. The molecule has 3 aromatic rings. The number of aromatic amines is 1. The molecule has 5 heteroatoms. The zero-order chi connectivity index (χ0) is 13.9. The molecule has 1 aromatic carbocycles. The van der Waals surface area contributed by atoms with Crippen molar-refractivity contribution in [3.63, 3.8) is 0 Å².